The molecule has 1 aliphatic rings. The Morgan fingerprint density at radius 3 is 2.45 bits per heavy atom. The molecule has 0 radical (unpaired) electrons. The molecule has 0 saturated carbocycles. The Bertz CT molecular complexity index is 344. The summed E-state index contributed by atoms with van der Waals surface area (Å²) in [4.78, 5) is 26.8. The summed E-state index contributed by atoms with van der Waals surface area (Å²) in [6.07, 6.45) is 2.34. The van der Waals surface area contributed by atoms with E-state index in [1.807, 2.05) is 27.7 Å². The Morgan fingerprint density at radius 1 is 1.30 bits per heavy atom. The molecule has 0 spiro atoms. The molecule has 3 unspecified atom stereocenters. The fraction of sp³-hybridized carbons (Fsp3) is 0.867. The van der Waals surface area contributed by atoms with Gasteiger partial charge in [0.2, 0.25) is 11.8 Å². The molecule has 20 heavy (non-hydrogen) atoms. The van der Waals surface area contributed by atoms with E-state index in [1.54, 1.807) is 12.0 Å². The Hall–Kier alpha value is -1.10. The summed E-state index contributed by atoms with van der Waals surface area (Å²) in [6.45, 7) is 8.54. The normalized spacial score (nSPS) is 25.0. The van der Waals surface area contributed by atoms with Gasteiger partial charge in [0.05, 0.1) is 0 Å². The highest BCUT2D eigenvalue weighted by atomic mass is 16.5. The van der Waals surface area contributed by atoms with Crippen LogP contribution in [0.2, 0.25) is 0 Å². The molecule has 1 heterocycles. The second-order valence-electron chi connectivity index (χ2n) is 5.91. The average molecular weight is 284 g/mol. The molecule has 1 N–H and O–H groups in total. The molecule has 5 heteroatoms. The van der Waals surface area contributed by atoms with Crippen molar-refractivity contribution in [1.82, 2.24) is 10.2 Å². The van der Waals surface area contributed by atoms with Gasteiger partial charge in [-0.25, -0.2) is 0 Å². The molecule has 1 rings (SSSR count). The van der Waals surface area contributed by atoms with Crippen molar-refractivity contribution in [3.8, 4) is 0 Å². The number of piperazine rings is 1. The topological polar surface area (TPSA) is 58.6 Å². The SMILES string of the molecule is CCCC1C(=O)NC(C(C)C)C(=O)N1C(C)CCOC. The lowest BCUT2D eigenvalue weighted by atomic mass is 9.94. The van der Waals surface area contributed by atoms with E-state index in [-0.39, 0.29) is 29.8 Å². The number of ether oxygens (including phenoxy) is 1. The Kier molecular flexibility index (Phi) is 6.46. The van der Waals surface area contributed by atoms with Crippen molar-refractivity contribution in [2.75, 3.05) is 13.7 Å². The van der Waals surface area contributed by atoms with E-state index in [2.05, 4.69) is 5.32 Å². The van der Waals surface area contributed by atoms with E-state index < -0.39 is 6.04 Å². The zero-order valence-corrected chi connectivity index (χ0v) is 13.3. The lowest BCUT2D eigenvalue weighted by molar-refractivity contribution is -0.153. The first kappa shape index (κ1) is 17.0. The molecule has 1 aliphatic heterocycles. The minimum atomic E-state index is -0.402. The summed E-state index contributed by atoms with van der Waals surface area (Å²) >= 11 is 0. The van der Waals surface area contributed by atoms with Crippen LogP contribution < -0.4 is 5.32 Å². The highest BCUT2D eigenvalue weighted by Crippen LogP contribution is 2.22. The van der Waals surface area contributed by atoms with Crippen LogP contribution in [0.5, 0.6) is 0 Å². The minimum absolute atomic E-state index is 0.0191. The third-order valence-corrected chi connectivity index (χ3v) is 3.90. The van der Waals surface area contributed by atoms with E-state index in [9.17, 15) is 9.59 Å². The summed E-state index contributed by atoms with van der Waals surface area (Å²) in [7, 11) is 1.65. The number of nitrogens with zero attached hydrogens (tertiary/aromatic N) is 1. The zero-order chi connectivity index (χ0) is 15.3. The van der Waals surface area contributed by atoms with Crippen LogP contribution in [0.15, 0.2) is 0 Å². The fourth-order valence-corrected chi connectivity index (χ4v) is 2.70. The number of amides is 2. The number of hydrogen-bond donors (Lipinski definition) is 1. The van der Waals surface area contributed by atoms with Gasteiger partial charge in [-0.3, -0.25) is 9.59 Å². The number of carbonyl (C=O) groups excluding carboxylic acids is 2. The van der Waals surface area contributed by atoms with Crippen molar-refractivity contribution >= 4 is 11.8 Å². The van der Waals surface area contributed by atoms with Gasteiger partial charge in [-0.2, -0.15) is 0 Å². The molecule has 0 aliphatic carbocycles. The van der Waals surface area contributed by atoms with Crippen LogP contribution in [0.4, 0.5) is 0 Å². The van der Waals surface area contributed by atoms with Gasteiger partial charge in [0, 0.05) is 19.8 Å². The van der Waals surface area contributed by atoms with Crippen LogP contribution in [-0.2, 0) is 14.3 Å². The van der Waals surface area contributed by atoms with Gasteiger partial charge in [0.25, 0.3) is 0 Å². The monoisotopic (exact) mass is 284 g/mol. The van der Waals surface area contributed by atoms with Crippen molar-refractivity contribution in [1.29, 1.82) is 0 Å². The summed E-state index contributed by atoms with van der Waals surface area (Å²) in [5.74, 6) is 0.127. The summed E-state index contributed by atoms with van der Waals surface area (Å²) in [5.41, 5.74) is 0. The smallest absolute Gasteiger partial charge is 0.246 e. The molecular formula is C15H28N2O3. The largest absolute Gasteiger partial charge is 0.385 e. The van der Waals surface area contributed by atoms with Crippen LogP contribution in [-0.4, -0.2) is 48.6 Å². The average Bonchev–Trinajstić information content (AvgIpc) is 2.39. The van der Waals surface area contributed by atoms with Gasteiger partial charge >= 0.3 is 0 Å². The van der Waals surface area contributed by atoms with Crippen molar-refractivity contribution in [2.24, 2.45) is 5.92 Å². The molecule has 0 aromatic heterocycles. The van der Waals surface area contributed by atoms with Gasteiger partial charge < -0.3 is 15.0 Å². The highest BCUT2D eigenvalue weighted by Gasteiger charge is 2.42. The summed E-state index contributed by atoms with van der Waals surface area (Å²) in [6, 6.07) is -0.721. The number of rotatable bonds is 7. The molecule has 0 aromatic rings. The van der Waals surface area contributed by atoms with Crippen LogP contribution in [0.25, 0.3) is 0 Å². The van der Waals surface area contributed by atoms with E-state index in [0.717, 1.165) is 12.8 Å². The molecule has 2 amide bonds. The summed E-state index contributed by atoms with van der Waals surface area (Å²) < 4.78 is 5.10. The standard InChI is InChI=1S/C15H28N2O3/c1-6-7-12-14(18)16-13(10(2)3)15(19)17(12)11(4)8-9-20-5/h10-13H,6-9H2,1-5H3,(H,16,18). The maximum absolute atomic E-state index is 12.7. The first-order valence-corrected chi connectivity index (χ1v) is 7.55. The van der Waals surface area contributed by atoms with Crippen LogP contribution >= 0.6 is 0 Å². The predicted molar refractivity (Wildman–Crippen MR) is 78.3 cm³/mol. The lowest BCUT2D eigenvalue weighted by Gasteiger charge is -2.43. The van der Waals surface area contributed by atoms with Gasteiger partial charge in [0.1, 0.15) is 12.1 Å². The van der Waals surface area contributed by atoms with Crippen molar-refractivity contribution in [3.63, 3.8) is 0 Å². The van der Waals surface area contributed by atoms with Gasteiger partial charge in [-0.05, 0) is 25.7 Å². The fourth-order valence-electron chi connectivity index (χ4n) is 2.70. The minimum Gasteiger partial charge on any atom is -0.385 e. The predicted octanol–water partition coefficient (Wildman–Crippen LogP) is 1.56. The maximum atomic E-state index is 12.7. The van der Waals surface area contributed by atoms with Crippen LogP contribution in [0.3, 0.4) is 0 Å². The Balaban J connectivity index is 2.94. The van der Waals surface area contributed by atoms with Crippen molar-refractivity contribution < 1.29 is 14.3 Å². The summed E-state index contributed by atoms with van der Waals surface area (Å²) in [5, 5.41) is 2.88. The van der Waals surface area contributed by atoms with Crippen molar-refractivity contribution in [3.05, 3.63) is 0 Å². The third-order valence-electron chi connectivity index (χ3n) is 3.90. The Morgan fingerprint density at radius 2 is 1.95 bits per heavy atom. The highest BCUT2D eigenvalue weighted by molar-refractivity contribution is 5.97. The molecule has 0 aromatic carbocycles. The van der Waals surface area contributed by atoms with E-state index >= 15 is 0 Å². The molecular weight excluding hydrogens is 256 g/mol. The van der Waals surface area contributed by atoms with Crippen molar-refractivity contribution in [2.45, 2.75) is 65.1 Å². The zero-order valence-electron chi connectivity index (χ0n) is 13.3. The second kappa shape index (κ2) is 7.62. The number of methoxy groups -OCH3 is 1. The third kappa shape index (κ3) is 3.72. The maximum Gasteiger partial charge on any atom is 0.246 e. The molecule has 116 valence electrons. The molecule has 1 saturated heterocycles. The number of nitrogens with one attached hydrogen (secondary N) is 1. The molecule has 1 fully saturated rings. The van der Waals surface area contributed by atoms with Gasteiger partial charge in [0.15, 0.2) is 0 Å². The van der Waals surface area contributed by atoms with E-state index in [1.165, 1.54) is 0 Å². The van der Waals surface area contributed by atoms with E-state index in [4.69, 9.17) is 4.74 Å². The van der Waals surface area contributed by atoms with Crippen LogP contribution in [0.1, 0.15) is 47.0 Å². The van der Waals surface area contributed by atoms with E-state index in [0.29, 0.717) is 13.0 Å². The Labute approximate surface area is 122 Å². The number of hydrogen-bond acceptors (Lipinski definition) is 3. The molecule has 0 bridgehead atoms. The quantitative estimate of drug-likeness (QED) is 0.772. The first-order valence-electron chi connectivity index (χ1n) is 7.55. The van der Waals surface area contributed by atoms with Gasteiger partial charge in [-0.1, -0.05) is 27.2 Å². The molecule has 5 nitrogen and oxygen atoms in total. The number of carbonyl (C=O) groups is 2. The van der Waals surface area contributed by atoms with Gasteiger partial charge in [-0.15, -0.1) is 0 Å². The second-order valence-corrected chi connectivity index (χ2v) is 5.91. The lowest BCUT2D eigenvalue weighted by Crippen LogP contribution is -2.66. The first-order chi connectivity index (χ1) is 9.43. The molecule has 3 atom stereocenters. The van der Waals surface area contributed by atoms with Crippen LogP contribution in [0, 0.1) is 5.92 Å².